The van der Waals surface area contributed by atoms with Gasteiger partial charge in [0.1, 0.15) is 0 Å². The number of carbonyl (C=O) groups is 1. The molecule has 0 fully saturated rings. The number of ether oxygens (including phenoxy) is 2. The molecule has 0 N–H and O–H groups in total. The van der Waals surface area contributed by atoms with Gasteiger partial charge in [0.05, 0.1) is 6.26 Å². The summed E-state index contributed by atoms with van der Waals surface area (Å²) in [5, 5.41) is -0.0468. The van der Waals surface area contributed by atoms with Crippen molar-refractivity contribution in [3.05, 3.63) is 78.3 Å². The van der Waals surface area contributed by atoms with Gasteiger partial charge in [-0.1, -0.05) is 24.3 Å². The Bertz CT molecular complexity index is 859. The lowest BCUT2D eigenvalue weighted by Gasteiger charge is -2.16. The molecule has 0 spiro atoms. The molecule has 0 saturated carbocycles. The maximum Gasteiger partial charge on any atom is 0.231 e. The standard InChI is InChI=1S/C20H16O4S/c21-16(17-7-4-10-22-17)12-20(25-15-5-2-1-3-6-15)14-8-9-18-19(11-14)24-13-23-18/h1-11,20H,12-13H2/t20-/m0/s1. The zero-order chi connectivity index (χ0) is 17.1. The summed E-state index contributed by atoms with van der Waals surface area (Å²) >= 11 is 1.65. The predicted octanol–water partition coefficient (Wildman–Crippen LogP) is 5.11. The molecule has 0 radical (unpaired) electrons. The van der Waals surface area contributed by atoms with Crippen LogP contribution >= 0.6 is 11.8 Å². The van der Waals surface area contributed by atoms with Gasteiger partial charge in [-0.05, 0) is 42.0 Å². The maximum atomic E-state index is 12.6. The van der Waals surface area contributed by atoms with Gasteiger partial charge in [-0.3, -0.25) is 4.79 Å². The van der Waals surface area contributed by atoms with Crippen molar-refractivity contribution in [3.8, 4) is 11.5 Å². The van der Waals surface area contributed by atoms with Gasteiger partial charge < -0.3 is 13.9 Å². The minimum atomic E-state index is -0.0468. The third kappa shape index (κ3) is 3.56. The van der Waals surface area contributed by atoms with Gasteiger partial charge in [-0.25, -0.2) is 0 Å². The molecule has 126 valence electrons. The van der Waals surface area contributed by atoms with Gasteiger partial charge in [0.15, 0.2) is 23.0 Å². The van der Waals surface area contributed by atoms with Crippen LogP contribution in [0.5, 0.6) is 11.5 Å². The lowest BCUT2D eigenvalue weighted by atomic mass is 10.1. The number of thioether (sulfide) groups is 1. The molecule has 5 heteroatoms. The molecule has 0 amide bonds. The average Bonchev–Trinajstić information content (AvgIpc) is 3.33. The van der Waals surface area contributed by atoms with Crippen LogP contribution in [0, 0.1) is 0 Å². The molecule has 1 aromatic heterocycles. The Morgan fingerprint density at radius 3 is 2.64 bits per heavy atom. The highest BCUT2D eigenvalue weighted by atomic mass is 32.2. The molecule has 1 atom stereocenters. The third-order valence-corrected chi connectivity index (χ3v) is 5.22. The molecule has 25 heavy (non-hydrogen) atoms. The van der Waals surface area contributed by atoms with E-state index >= 15 is 0 Å². The summed E-state index contributed by atoms with van der Waals surface area (Å²) in [6, 6.07) is 19.3. The van der Waals surface area contributed by atoms with Crippen LogP contribution in [0.2, 0.25) is 0 Å². The number of hydrogen-bond donors (Lipinski definition) is 0. The lowest BCUT2D eigenvalue weighted by molar-refractivity contribution is 0.0955. The second kappa shape index (κ2) is 7.07. The molecular formula is C20H16O4S. The first-order valence-electron chi connectivity index (χ1n) is 7.97. The number of Topliss-reactive ketones (excluding diaryl/α,β-unsaturated/α-hetero) is 1. The quantitative estimate of drug-likeness (QED) is 0.455. The molecule has 4 rings (SSSR count). The first kappa shape index (κ1) is 15.8. The van der Waals surface area contributed by atoms with E-state index in [1.165, 1.54) is 6.26 Å². The fourth-order valence-corrected chi connectivity index (χ4v) is 3.87. The van der Waals surface area contributed by atoms with Gasteiger partial charge in [0.25, 0.3) is 0 Å². The summed E-state index contributed by atoms with van der Waals surface area (Å²) < 4.78 is 16.1. The van der Waals surface area contributed by atoms with E-state index in [2.05, 4.69) is 0 Å². The number of benzene rings is 2. The van der Waals surface area contributed by atoms with Crippen LogP contribution in [-0.2, 0) is 0 Å². The molecule has 0 saturated heterocycles. The monoisotopic (exact) mass is 352 g/mol. The summed E-state index contributed by atoms with van der Waals surface area (Å²) in [7, 11) is 0. The van der Waals surface area contributed by atoms with Gasteiger partial charge in [0, 0.05) is 16.6 Å². The average molecular weight is 352 g/mol. The van der Waals surface area contributed by atoms with Gasteiger partial charge in [-0.15, -0.1) is 11.8 Å². The zero-order valence-corrected chi connectivity index (χ0v) is 14.2. The molecule has 0 aliphatic carbocycles. The van der Waals surface area contributed by atoms with Crippen LogP contribution < -0.4 is 9.47 Å². The van der Waals surface area contributed by atoms with Crippen molar-refractivity contribution in [1.29, 1.82) is 0 Å². The second-order valence-electron chi connectivity index (χ2n) is 5.64. The van der Waals surface area contributed by atoms with Gasteiger partial charge in [0.2, 0.25) is 6.79 Å². The number of carbonyl (C=O) groups excluding carboxylic acids is 1. The Morgan fingerprint density at radius 2 is 1.84 bits per heavy atom. The lowest BCUT2D eigenvalue weighted by Crippen LogP contribution is -2.04. The molecule has 4 nitrogen and oxygen atoms in total. The van der Waals surface area contributed by atoms with Crippen molar-refractivity contribution in [1.82, 2.24) is 0 Å². The number of ketones is 1. The van der Waals surface area contributed by atoms with Crippen LogP contribution in [0.1, 0.15) is 27.8 Å². The van der Waals surface area contributed by atoms with E-state index < -0.39 is 0 Å². The van der Waals surface area contributed by atoms with Crippen molar-refractivity contribution in [2.75, 3.05) is 6.79 Å². The van der Waals surface area contributed by atoms with E-state index in [1.807, 2.05) is 48.5 Å². The molecule has 2 aromatic carbocycles. The van der Waals surface area contributed by atoms with Crippen LogP contribution in [-0.4, -0.2) is 12.6 Å². The molecule has 1 aliphatic heterocycles. The highest BCUT2D eigenvalue weighted by Crippen LogP contribution is 2.42. The van der Waals surface area contributed by atoms with Crippen LogP contribution in [0.15, 0.2) is 76.2 Å². The fraction of sp³-hybridized carbons (Fsp3) is 0.150. The predicted molar refractivity (Wildman–Crippen MR) is 95.3 cm³/mol. The van der Waals surface area contributed by atoms with E-state index in [1.54, 1.807) is 23.9 Å². The number of hydrogen-bond acceptors (Lipinski definition) is 5. The molecule has 3 aromatic rings. The smallest absolute Gasteiger partial charge is 0.231 e. The van der Waals surface area contributed by atoms with Crippen molar-refractivity contribution in [3.63, 3.8) is 0 Å². The Labute approximate surface area is 149 Å². The summed E-state index contributed by atoms with van der Waals surface area (Å²) in [6.45, 7) is 0.237. The second-order valence-corrected chi connectivity index (χ2v) is 6.91. The zero-order valence-electron chi connectivity index (χ0n) is 13.4. The Morgan fingerprint density at radius 1 is 1.00 bits per heavy atom. The molecule has 0 bridgehead atoms. The van der Waals surface area contributed by atoms with Crippen molar-refractivity contribution >= 4 is 17.5 Å². The fourth-order valence-electron chi connectivity index (χ4n) is 2.71. The highest BCUT2D eigenvalue weighted by molar-refractivity contribution is 7.99. The highest BCUT2D eigenvalue weighted by Gasteiger charge is 2.23. The van der Waals surface area contributed by atoms with E-state index in [4.69, 9.17) is 13.9 Å². The SMILES string of the molecule is O=C(C[C@H](Sc1ccccc1)c1ccc2c(c1)OCO2)c1ccco1. The van der Waals surface area contributed by atoms with E-state index in [0.717, 1.165) is 22.0 Å². The van der Waals surface area contributed by atoms with E-state index in [0.29, 0.717) is 12.2 Å². The number of rotatable bonds is 6. The normalized spacial score (nSPS) is 13.6. The van der Waals surface area contributed by atoms with Crippen LogP contribution in [0.4, 0.5) is 0 Å². The molecule has 0 unspecified atom stereocenters. The maximum absolute atomic E-state index is 12.6. The van der Waals surface area contributed by atoms with E-state index in [-0.39, 0.29) is 17.8 Å². The number of furan rings is 1. The number of fused-ring (bicyclic) bond motifs is 1. The van der Waals surface area contributed by atoms with E-state index in [9.17, 15) is 4.79 Å². The van der Waals surface area contributed by atoms with Crippen molar-refractivity contribution in [2.24, 2.45) is 0 Å². The minimum Gasteiger partial charge on any atom is -0.461 e. The van der Waals surface area contributed by atoms with Crippen molar-refractivity contribution < 1.29 is 18.7 Å². The minimum absolute atomic E-state index is 0.0175. The Balaban J connectivity index is 1.62. The summed E-state index contributed by atoms with van der Waals surface area (Å²) in [4.78, 5) is 13.7. The first-order chi connectivity index (χ1) is 12.3. The van der Waals surface area contributed by atoms with Crippen molar-refractivity contribution in [2.45, 2.75) is 16.6 Å². The van der Waals surface area contributed by atoms with Crippen LogP contribution in [0.3, 0.4) is 0 Å². The Kier molecular flexibility index (Phi) is 4.48. The largest absolute Gasteiger partial charge is 0.461 e. The molecule has 2 heterocycles. The van der Waals surface area contributed by atoms with Crippen LogP contribution in [0.25, 0.3) is 0 Å². The molecular weight excluding hydrogens is 336 g/mol. The Hall–Kier alpha value is -2.66. The first-order valence-corrected chi connectivity index (χ1v) is 8.85. The van der Waals surface area contributed by atoms with Gasteiger partial charge >= 0.3 is 0 Å². The summed E-state index contributed by atoms with van der Waals surface area (Å²) in [5.41, 5.74) is 1.03. The summed E-state index contributed by atoms with van der Waals surface area (Å²) in [6.07, 6.45) is 1.86. The van der Waals surface area contributed by atoms with Gasteiger partial charge in [-0.2, -0.15) is 0 Å². The summed E-state index contributed by atoms with van der Waals surface area (Å²) in [5.74, 6) is 1.83. The molecule has 1 aliphatic rings. The third-order valence-electron chi connectivity index (χ3n) is 3.96. The topological polar surface area (TPSA) is 48.7 Å².